The number of allylic oxidation sites excluding steroid dienone is 2. The molecule has 0 bridgehead atoms. The Bertz CT molecular complexity index is 559. The number of hydrogen-bond donors (Lipinski definition) is 0. The summed E-state index contributed by atoms with van der Waals surface area (Å²) in [5.41, 5.74) is 4.40. The van der Waals surface area contributed by atoms with Crippen LogP contribution >= 0.6 is 0 Å². The summed E-state index contributed by atoms with van der Waals surface area (Å²) in [7, 11) is 0. The van der Waals surface area contributed by atoms with Crippen molar-refractivity contribution in [1.82, 2.24) is 0 Å². The van der Waals surface area contributed by atoms with Gasteiger partial charge in [0.1, 0.15) is 0 Å². The van der Waals surface area contributed by atoms with Gasteiger partial charge in [0, 0.05) is 0 Å². The zero-order valence-corrected chi connectivity index (χ0v) is 13.5. The smallest absolute Gasteiger partial charge is 0.00972 e. The fraction of sp³-hybridized carbons (Fsp3) is 0.333. The van der Waals surface area contributed by atoms with Crippen LogP contribution in [0.3, 0.4) is 0 Å². The molecule has 110 valence electrons. The molecule has 0 unspecified atom stereocenters. The van der Waals surface area contributed by atoms with Gasteiger partial charge in [-0.25, -0.2) is 0 Å². The highest BCUT2D eigenvalue weighted by Crippen LogP contribution is 2.24. The maximum absolute atomic E-state index is 2.35. The molecule has 0 saturated carbocycles. The van der Waals surface area contributed by atoms with Crippen molar-refractivity contribution < 1.29 is 0 Å². The molecule has 0 aliphatic heterocycles. The second-order valence-corrected chi connectivity index (χ2v) is 6.43. The Morgan fingerprint density at radius 2 is 1.43 bits per heavy atom. The molecule has 21 heavy (non-hydrogen) atoms. The maximum Gasteiger partial charge on any atom is -0.00972 e. The average Bonchev–Trinajstić information content (AvgIpc) is 2.48. The summed E-state index contributed by atoms with van der Waals surface area (Å²) >= 11 is 0. The summed E-state index contributed by atoms with van der Waals surface area (Å²) in [5.74, 6) is 0. The van der Waals surface area contributed by atoms with E-state index in [9.17, 15) is 0 Å². The highest BCUT2D eigenvalue weighted by atomic mass is 14.2. The standard InChI is InChI=1S/C21H26/c1-4-18-12-14-20(15-13-18)17-21(2,3)16-8-11-19-9-6-5-7-10-19/h5-10,12-16H,4,11,17H2,1-3H3. The molecule has 0 nitrogen and oxygen atoms in total. The molecule has 0 atom stereocenters. The van der Waals surface area contributed by atoms with E-state index in [1.807, 2.05) is 0 Å². The summed E-state index contributed by atoms with van der Waals surface area (Å²) in [6.07, 6.45) is 7.87. The maximum atomic E-state index is 2.35. The summed E-state index contributed by atoms with van der Waals surface area (Å²) in [5, 5.41) is 0. The Morgan fingerprint density at radius 1 is 0.810 bits per heavy atom. The van der Waals surface area contributed by atoms with E-state index in [2.05, 4.69) is 87.5 Å². The van der Waals surface area contributed by atoms with Gasteiger partial charge in [-0.1, -0.05) is 87.5 Å². The lowest BCUT2D eigenvalue weighted by molar-refractivity contribution is 0.476. The molecule has 0 saturated heterocycles. The summed E-state index contributed by atoms with van der Waals surface area (Å²) < 4.78 is 0. The van der Waals surface area contributed by atoms with Crippen LogP contribution in [0.4, 0.5) is 0 Å². The van der Waals surface area contributed by atoms with Crippen LogP contribution < -0.4 is 0 Å². The molecule has 0 fully saturated rings. The van der Waals surface area contributed by atoms with Crippen molar-refractivity contribution >= 4 is 0 Å². The van der Waals surface area contributed by atoms with Gasteiger partial charge in [0.05, 0.1) is 0 Å². The van der Waals surface area contributed by atoms with E-state index >= 15 is 0 Å². The third-order valence-corrected chi connectivity index (χ3v) is 3.86. The monoisotopic (exact) mass is 278 g/mol. The third kappa shape index (κ3) is 5.23. The van der Waals surface area contributed by atoms with Crippen molar-refractivity contribution in [2.75, 3.05) is 0 Å². The Morgan fingerprint density at radius 3 is 2.05 bits per heavy atom. The van der Waals surface area contributed by atoms with E-state index in [1.54, 1.807) is 0 Å². The summed E-state index contributed by atoms with van der Waals surface area (Å²) in [6, 6.07) is 19.7. The summed E-state index contributed by atoms with van der Waals surface area (Å²) in [4.78, 5) is 0. The number of hydrogen-bond acceptors (Lipinski definition) is 0. The van der Waals surface area contributed by atoms with Crippen molar-refractivity contribution in [3.05, 3.63) is 83.4 Å². The molecule has 0 radical (unpaired) electrons. The zero-order chi connectivity index (χ0) is 15.1. The number of rotatable bonds is 6. The molecular formula is C21H26. The molecule has 2 aromatic carbocycles. The SMILES string of the molecule is CCc1ccc(CC(C)(C)C=CCc2ccccc2)cc1. The first-order chi connectivity index (χ1) is 10.1. The van der Waals surface area contributed by atoms with E-state index < -0.39 is 0 Å². The van der Waals surface area contributed by atoms with E-state index in [0.29, 0.717) is 0 Å². The van der Waals surface area contributed by atoms with Crippen molar-refractivity contribution in [1.29, 1.82) is 0 Å². The van der Waals surface area contributed by atoms with Crippen molar-refractivity contribution in [2.24, 2.45) is 5.41 Å². The van der Waals surface area contributed by atoms with Gasteiger partial charge >= 0.3 is 0 Å². The fourth-order valence-corrected chi connectivity index (χ4v) is 2.61. The van der Waals surface area contributed by atoms with E-state index in [-0.39, 0.29) is 5.41 Å². The fourth-order valence-electron chi connectivity index (χ4n) is 2.61. The first kappa shape index (κ1) is 15.6. The number of benzene rings is 2. The molecule has 0 spiro atoms. The van der Waals surface area contributed by atoms with Gasteiger partial charge in [-0.05, 0) is 41.4 Å². The van der Waals surface area contributed by atoms with Crippen LogP contribution in [0.5, 0.6) is 0 Å². The van der Waals surface area contributed by atoms with Gasteiger partial charge in [0.2, 0.25) is 0 Å². The molecule has 0 heteroatoms. The molecule has 2 rings (SSSR count). The normalized spacial score (nSPS) is 12.0. The van der Waals surface area contributed by atoms with Crippen LogP contribution in [0.15, 0.2) is 66.7 Å². The third-order valence-electron chi connectivity index (χ3n) is 3.86. The van der Waals surface area contributed by atoms with E-state index in [4.69, 9.17) is 0 Å². The van der Waals surface area contributed by atoms with Crippen LogP contribution in [0.25, 0.3) is 0 Å². The van der Waals surface area contributed by atoms with Gasteiger partial charge in [0.15, 0.2) is 0 Å². The number of aryl methyl sites for hydroxylation is 1. The van der Waals surface area contributed by atoms with Gasteiger partial charge in [-0.15, -0.1) is 0 Å². The van der Waals surface area contributed by atoms with Crippen molar-refractivity contribution in [3.8, 4) is 0 Å². The Labute approximate surface area is 129 Å². The zero-order valence-electron chi connectivity index (χ0n) is 13.5. The van der Waals surface area contributed by atoms with Crippen LogP contribution in [0.1, 0.15) is 37.5 Å². The second kappa shape index (κ2) is 7.26. The highest BCUT2D eigenvalue weighted by Gasteiger charge is 2.14. The van der Waals surface area contributed by atoms with Gasteiger partial charge < -0.3 is 0 Å². The average molecular weight is 278 g/mol. The molecule has 0 heterocycles. The lowest BCUT2D eigenvalue weighted by Crippen LogP contribution is -2.11. The molecule has 0 aromatic heterocycles. The minimum absolute atomic E-state index is 0.197. The minimum atomic E-state index is 0.197. The highest BCUT2D eigenvalue weighted by molar-refractivity contribution is 5.24. The molecular weight excluding hydrogens is 252 g/mol. The lowest BCUT2D eigenvalue weighted by atomic mass is 9.85. The topological polar surface area (TPSA) is 0 Å². The van der Waals surface area contributed by atoms with Crippen LogP contribution in [0, 0.1) is 5.41 Å². The van der Waals surface area contributed by atoms with Crippen LogP contribution in [0.2, 0.25) is 0 Å². The molecule has 2 aromatic rings. The van der Waals surface area contributed by atoms with Crippen molar-refractivity contribution in [2.45, 2.75) is 40.0 Å². The van der Waals surface area contributed by atoms with Crippen molar-refractivity contribution in [3.63, 3.8) is 0 Å². The molecule has 0 aliphatic carbocycles. The molecule has 0 N–H and O–H groups in total. The van der Waals surface area contributed by atoms with E-state index in [0.717, 1.165) is 19.3 Å². The van der Waals surface area contributed by atoms with Gasteiger partial charge in [-0.3, -0.25) is 0 Å². The van der Waals surface area contributed by atoms with Gasteiger partial charge in [0.25, 0.3) is 0 Å². The van der Waals surface area contributed by atoms with Crippen LogP contribution in [-0.2, 0) is 19.3 Å². The Balaban J connectivity index is 1.94. The Kier molecular flexibility index (Phi) is 5.38. The quantitative estimate of drug-likeness (QED) is 0.602. The predicted octanol–water partition coefficient (Wildman–Crippen LogP) is 5.62. The first-order valence-electron chi connectivity index (χ1n) is 7.88. The molecule has 0 amide bonds. The van der Waals surface area contributed by atoms with Gasteiger partial charge in [-0.2, -0.15) is 0 Å². The van der Waals surface area contributed by atoms with E-state index in [1.165, 1.54) is 16.7 Å². The summed E-state index contributed by atoms with van der Waals surface area (Å²) in [6.45, 7) is 6.82. The lowest BCUT2D eigenvalue weighted by Gasteiger charge is -2.20. The first-order valence-corrected chi connectivity index (χ1v) is 7.88. The second-order valence-electron chi connectivity index (χ2n) is 6.43. The van der Waals surface area contributed by atoms with Crippen LogP contribution in [-0.4, -0.2) is 0 Å². The predicted molar refractivity (Wildman–Crippen MR) is 92.6 cm³/mol. The minimum Gasteiger partial charge on any atom is -0.0836 e. The largest absolute Gasteiger partial charge is 0.0836 e. The molecule has 0 aliphatic rings. The Hall–Kier alpha value is -1.82.